The third kappa shape index (κ3) is 5.15. The smallest absolute Gasteiger partial charge is 0.335 e. The molecule has 3 aromatic rings. The molecule has 0 unspecified atom stereocenters. The SMILES string of the molecule is O=C(O)[C@H]1O[C@@H](O[C@]2(c3cc(O)c4c(=O)cc(-c5ccc(O)cc5)oc4c3)O[C@H](C(=O)O)[C@@H](O)[C@H](O)[C@H]2O)[C@H](O)[C@@H](O)[C@@H]1O. The summed E-state index contributed by atoms with van der Waals surface area (Å²) in [6.45, 7) is 0. The zero-order valence-corrected chi connectivity index (χ0v) is 22.1. The number of benzene rings is 2. The van der Waals surface area contributed by atoms with Crippen molar-refractivity contribution in [2.45, 2.75) is 60.9 Å². The summed E-state index contributed by atoms with van der Waals surface area (Å²) in [7, 11) is 0. The molecule has 236 valence electrons. The van der Waals surface area contributed by atoms with Crippen molar-refractivity contribution in [1.29, 1.82) is 0 Å². The van der Waals surface area contributed by atoms with Gasteiger partial charge in [0, 0.05) is 17.2 Å². The van der Waals surface area contributed by atoms with Gasteiger partial charge in [-0.3, -0.25) is 4.79 Å². The van der Waals surface area contributed by atoms with Crippen LogP contribution in [0.1, 0.15) is 5.56 Å². The van der Waals surface area contributed by atoms with Gasteiger partial charge in [0.25, 0.3) is 0 Å². The number of aromatic hydroxyl groups is 2. The molecule has 3 heterocycles. The van der Waals surface area contributed by atoms with Gasteiger partial charge in [-0.2, -0.15) is 0 Å². The van der Waals surface area contributed by atoms with Gasteiger partial charge in [-0.1, -0.05) is 0 Å². The van der Waals surface area contributed by atoms with E-state index < -0.39 is 101 Å². The molecular formula is C27H26O17. The zero-order chi connectivity index (χ0) is 32.2. The van der Waals surface area contributed by atoms with Crippen LogP contribution in [0.25, 0.3) is 22.3 Å². The predicted octanol–water partition coefficient (Wildman–Crippen LogP) is -2.50. The van der Waals surface area contributed by atoms with Crippen LogP contribution in [-0.2, 0) is 29.6 Å². The van der Waals surface area contributed by atoms with Crippen LogP contribution in [0, 0.1) is 0 Å². The minimum Gasteiger partial charge on any atom is -0.508 e. The lowest BCUT2D eigenvalue weighted by Crippen LogP contribution is -2.68. The van der Waals surface area contributed by atoms with Crippen molar-refractivity contribution in [2.75, 3.05) is 0 Å². The maximum atomic E-state index is 13.0. The van der Waals surface area contributed by atoms with Crippen LogP contribution in [0.4, 0.5) is 0 Å². The number of carboxylic acid groups (broad SMARTS) is 2. The van der Waals surface area contributed by atoms with E-state index in [0.717, 1.165) is 18.2 Å². The minimum absolute atomic E-state index is 0.0783. The number of rotatable bonds is 6. The molecule has 44 heavy (non-hydrogen) atoms. The van der Waals surface area contributed by atoms with E-state index in [1.807, 2.05) is 0 Å². The van der Waals surface area contributed by atoms with E-state index >= 15 is 0 Å². The number of phenolic OH excluding ortho intramolecular Hbond substituents is 2. The molecule has 0 radical (unpaired) electrons. The van der Waals surface area contributed by atoms with Crippen LogP contribution in [-0.4, -0.2) is 118 Å². The monoisotopic (exact) mass is 622 g/mol. The van der Waals surface area contributed by atoms with Crippen molar-refractivity contribution >= 4 is 22.9 Å². The molecule has 1 aromatic heterocycles. The van der Waals surface area contributed by atoms with E-state index in [-0.39, 0.29) is 11.5 Å². The molecule has 0 amide bonds. The van der Waals surface area contributed by atoms with Gasteiger partial charge >= 0.3 is 11.9 Å². The fourth-order valence-electron chi connectivity index (χ4n) is 5.08. The molecule has 0 spiro atoms. The standard InChI is InChI=1S/C27H26O17/c28-10-3-1-8(2-4-10)13-7-12(30)15-11(29)5-9(6-14(15)41-13)27(23(36)19(34)18(33)22(43-27)25(39)40)44-26-20(35)16(31)17(32)21(42-26)24(37)38/h1-7,16-23,26,28-29,31-36H,(H,37,38)(H,39,40)/t16-,17-,18-,19-,20+,21-,22-,23+,26-,27-/m0/s1. The van der Waals surface area contributed by atoms with Gasteiger partial charge < -0.3 is 69.7 Å². The predicted molar refractivity (Wildman–Crippen MR) is 139 cm³/mol. The van der Waals surface area contributed by atoms with Crippen LogP contribution >= 0.6 is 0 Å². The van der Waals surface area contributed by atoms with Crippen LogP contribution in [0.3, 0.4) is 0 Å². The van der Waals surface area contributed by atoms with Gasteiger partial charge in [-0.15, -0.1) is 0 Å². The fourth-order valence-corrected chi connectivity index (χ4v) is 5.08. The summed E-state index contributed by atoms with van der Waals surface area (Å²) in [6, 6.07) is 8.11. The molecule has 17 nitrogen and oxygen atoms in total. The topological polar surface area (TPSA) is 294 Å². The second kappa shape index (κ2) is 11.4. The second-order valence-corrected chi connectivity index (χ2v) is 10.2. The average molecular weight is 622 g/mol. The number of hydrogen-bond acceptors (Lipinski definition) is 15. The van der Waals surface area contributed by atoms with E-state index in [4.69, 9.17) is 18.6 Å². The maximum absolute atomic E-state index is 13.0. The van der Waals surface area contributed by atoms with Crippen molar-refractivity contribution in [3.05, 3.63) is 58.3 Å². The molecule has 2 saturated heterocycles. The molecule has 0 bridgehead atoms. The highest BCUT2D eigenvalue weighted by Crippen LogP contribution is 2.44. The number of carboxylic acids is 2. The van der Waals surface area contributed by atoms with E-state index in [1.54, 1.807) is 0 Å². The summed E-state index contributed by atoms with van der Waals surface area (Å²) < 4.78 is 22.0. The number of ether oxygens (including phenoxy) is 3. The number of aliphatic carboxylic acids is 2. The molecule has 0 saturated carbocycles. The lowest BCUT2D eigenvalue weighted by molar-refractivity contribution is -0.423. The first kappa shape index (κ1) is 31.3. The van der Waals surface area contributed by atoms with Crippen molar-refractivity contribution in [3.63, 3.8) is 0 Å². The van der Waals surface area contributed by atoms with E-state index in [1.165, 1.54) is 24.3 Å². The number of phenols is 2. The van der Waals surface area contributed by atoms with E-state index in [2.05, 4.69) is 0 Å². The quantitative estimate of drug-likeness (QED) is 0.136. The Morgan fingerprint density at radius 3 is 2.00 bits per heavy atom. The van der Waals surface area contributed by atoms with Crippen molar-refractivity contribution < 1.29 is 79.3 Å². The van der Waals surface area contributed by atoms with Crippen molar-refractivity contribution in [2.24, 2.45) is 0 Å². The third-order valence-corrected chi connectivity index (χ3v) is 7.39. The normalized spacial score (nSPS) is 34.1. The van der Waals surface area contributed by atoms with Gasteiger partial charge in [0.05, 0.1) is 0 Å². The molecule has 2 fully saturated rings. The number of aliphatic hydroxyl groups is 6. The molecular weight excluding hydrogens is 596 g/mol. The summed E-state index contributed by atoms with van der Waals surface area (Å²) in [5.74, 6) is -7.77. The molecule has 2 aliphatic rings. The second-order valence-electron chi connectivity index (χ2n) is 10.2. The third-order valence-electron chi connectivity index (χ3n) is 7.39. The highest BCUT2D eigenvalue weighted by Gasteiger charge is 2.61. The first-order valence-corrected chi connectivity index (χ1v) is 12.8. The Morgan fingerprint density at radius 2 is 1.39 bits per heavy atom. The van der Waals surface area contributed by atoms with Gasteiger partial charge in [0.2, 0.25) is 5.79 Å². The summed E-state index contributed by atoms with van der Waals surface area (Å²) >= 11 is 0. The molecule has 0 aliphatic carbocycles. The Labute approximate surface area is 244 Å². The summed E-state index contributed by atoms with van der Waals surface area (Å²) in [5.41, 5.74) is -1.49. The number of hydrogen-bond donors (Lipinski definition) is 10. The molecule has 17 heteroatoms. The van der Waals surface area contributed by atoms with E-state index in [0.29, 0.717) is 5.56 Å². The van der Waals surface area contributed by atoms with Crippen LogP contribution < -0.4 is 5.43 Å². The lowest BCUT2D eigenvalue weighted by atomic mass is 9.87. The summed E-state index contributed by atoms with van der Waals surface area (Å²) in [5, 5.41) is 102. The largest absolute Gasteiger partial charge is 0.508 e. The zero-order valence-electron chi connectivity index (χ0n) is 22.1. The Balaban J connectivity index is 1.71. The molecule has 10 atom stereocenters. The Bertz CT molecular complexity index is 1640. The number of fused-ring (bicyclic) bond motifs is 1. The van der Waals surface area contributed by atoms with Crippen molar-refractivity contribution in [3.8, 4) is 22.8 Å². The fraction of sp³-hybridized carbons (Fsp3) is 0.370. The summed E-state index contributed by atoms with van der Waals surface area (Å²) in [4.78, 5) is 36.6. The van der Waals surface area contributed by atoms with Gasteiger partial charge in [0.15, 0.2) is 23.9 Å². The maximum Gasteiger partial charge on any atom is 0.335 e. The van der Waals surface area contributed by atoms with Crippen LogP contribution in [0.2, 0.25) is 0 Å². The average Bonchev–Trinajstić information content (AvgIpc) is 2.97. The number of aliphatic hydroxyl groups excluding tert-OH is 6. The summed E-state index contributed by atoms with van der Waals surface area (Å²) in [6.07, 6.45) is -20.7. The highest BCUT2D eigenvalue weighted by atomic mass is 16.8. The molecule has 10 N–H and O–H groups in total. The highest BCUT2D eigenvalue weighted by molar-refractivity contribution is 5.85. The Morgan fingerprint density at radius 1 is 0.773 bits per heavy atom. The van der Waals surface area contributed by atoms with Crippen LogP contribution in [0.5, 0.6) is 11.5 Å². The Kier molecular flexibility index (Phi) is 8.10. The van der Waals surface area contributed by atoms with Gasteiger partial charge in [0.1, 0.15) is 64.9 Å². The number of carbonyl (C=O) groups is 2. The first-order valence-electron chi connectivity index (χ1n) is 12.8. The molecule has 2 aromatic carbocycles. The first-order chi connectivity index (χ1) is 20.7. The van der Waals surface area contributed by atoms with Gasteiger partial charge in [-0.05, 0) is 36.4 Å². The lowest BCUT2D eigenvalue weighted by Gasteiger charge is -2.50. The van der Waals surface area contributed by atoms with Gasteiger partial charge in [-0.25, -0.2) is 9.59 Å². The molecule has 2 aliphatic heterocycles. The minimum atomic E-state index is -3.06. The van der Waals surface area contributed by atoms with Crippen molar-refractivity contribution in [1.82, 2.24) is 0 Å². The molecule has 5 rings (SSSR count). The van der Waals surface area contributed by atoms with E-state index in [9.17, 15) is 65.4 Å². The Hall–Kier alpha value is -4.17. The van der Waals surface area contributed by atoms with Crippen LogP contribution in [0.15, 0.2) is 51.7 Å².